The minimum atomic E-state index is -0.184. The maximum Gasteiger partial charge on any atom is 0.254 e. The Balaban J connectivity index is 1.74. The van der Waals surface area contributed by atoms with Crippen LogP contribution >= 0.6 is 0 Å². The van der Waals surface area contributed by atoms with Crippen molar-refractivity contribution in [2.24, 2.45) is 0 Å². The first kappa shape index (κ1) is 13.2. The highest BCUT2D eigenvalue weighted by Crippen LogP contribution is 2.09. The van der Waals surface area contributed by atoms with Crippen LogP contribution in [0.15, 0.2) is 18.9 Å². The van der Waals surface area contributed by atoms with Crippen LogP contribution in [0.3, 0.4) is 0 Å². The molecule has 9 heteroatoms. The maximum absolute atomic E-state index is 12.3. The molecule has 2 N–H and O–H groups in total. The fourth-order valence-electron chi connectivity index (χ4n) is 2.10. The van der Waals surface area contributed by atoms with Gasteiger partial charge in [0.1, 0.15) is 18.5 Å². The van der Waals surface area contributed by atoms with Gasteiger partial charge in [-0.05, 0) is 6.42 Å². The summed E-state index contributed by atoms with van der Waals surface area (Å²) >= 11 is 0. The molecule has 0 spiro atoms. The van der Waals surface area contributed by atoms with Crippen molar-refractivity contribution in [1.82, 2.24) is 40.1 Å². The van der Waals surface area contributed by atoms with Gasteiger partial charge in [0.25, 0.3) is 11.7 Å². The number of nitrogens with zero attached hydrogens (tertiary/aromatic N) is 6. The number of amides is 1. The maximum atomic E-state index is 12.3. The summed E-state index contributed by atoms with van der Waals surface area (Å²) < 4.78 is 1.59. The SMILES string of the molecule is CCc1c(C(=O)NCCc2ncn[nH]2)cnc2ncnn12. The predicted octanol–water partition coefficient (Wildman–Crippen LogP) is -0.223. The zero-order valence-electron chi connectivity index (χ0n) is 11.4. The van der Waals surface area contributed by atoms with Crippen LogP contribution in [-0.2, 0) is 12.8 Å². The first-order valence-corrected chi connectivity index (χ1v) is 6.59. The largest absolute Gasteiger partial charge is 0.351 e. The molecule has 9 nitrogen and oxygen atoms in total. The van der Waals surface area contributed by atoms with E-state index in [1.54, 1.807) is 4.52 Å². The molecule has 3 aromatic heterocycles. The van der Waals surface area contributed by atoms with E-state index in [0.29, 0.717) is 30.7 Å². The lowest BCUT2D eigenvalue weighted by molar-refractivity contribution is 0.0952. The van der Waals surface area contributed by atoms with Crippen LogP contribution in [0.1, 0.15) is 28.8 Å². The summed E-state index contributed by atoms with van der Waals surface area (Å²) in [6.45, 7) is 2.42. The monoisotopic (exact) mass is 286 g/mol. The molecule has 0 radical (unpaired) electrons. The number of carbonyl (C=O) groups excluding carboxylic acids is 1. The van der Waals surface area contributed by atoms with Crippen molar-refractivity contribution in [2.45, 2.75) is 19.8 Å². The minimum Gasteiger partial charge on any atom is -0.351 e. The van der Waals surface area contributed by atoms with Crippen molar-refractivity contribution in [3.05, 3.63) is 35.9 Å². The van der Waals surface area contributed by atoms with E-state index in [4.69, 9.17) is 0 Å². The molecule has 1 amide bonds. The standard InChI is InChI=1S/C12H14N8O/c1-2-9-8(5-14-12-16-7-18-20(9)12)11(21)13-4-3-10-15-6-17-19-10/h5-7H,2-4H2,1H3,(H,13,21)(H,15,17,19). The van der Waals surface area contributed by atoms with E-state index in [1.165, 1.54) is 18.9 Å². The zero-order chi connectivity index (χ0) is 14.7. The smallest absolute Gasteiger partial charge is 0.254 e. The van der Waals surface area contributed by atoms with Crippen LogP contribution in [0.2, 0.25) is 0 Å². The number of hydrogen-bond acceptors (Lipinski definition) is 6. The van der Waals surface area contributed by atoms with Gasteiger partial charge in [-0.25, -0.2) is 14.5 Å². The Morgan fingerprint density at radius 1 is 1.33 bits per heavy atom. The van der Waals surface area contributed by atoms with Gasteiger partial charge in [-0.15, -0.1) is 0 Å². The van der Waals surface area contributed by atoms with E-state index in [1.807, 2.05) is 6.92 Å². The average molecular weight is 286 g/mol. The fraction of sp³-hybridized carbons (Fsp3) is 0.333. The molecule has 21 heavy (non-hydrogen) atoms. The topological polar surface area (TPSA) is 114 Å². The Bertz CT molecular complexity index is 748. The third-order valence-electron chi connectivity index (χ3n) is 3.10. The van der Waals surface area contributed by atoms with E-state index < -0.39 is 0 Å². The molecular formula is C12H14N8O. The first-order chi connectivity index (χ1) is 10.3. The normalized spacial score (nSPS) is 10.9. The summed E-state index contributed by atoms with van der Waals surface area (Å²) in [6.07, 6.45) is 5.65. The van der Waals surface area contributed by atoms with Gasteiger partial charge in [0, 0.05) is 19.2 Å². The summed E-state index contributed by atoms with van der Waals surface area (Å²) in [6, 6.07) is 0. The minimum absolute atomic E-state index is 0.184. The predicted molar refractivity (Wildman–Crippen MR) is 72.6 cm³/mol. The summed E-state index contributed by atoms with van der Waals surface area (Å²) in [4.78, 5) is 24.4. The Morgan fingerprint density at radius 3 is 3.00 bits per heavy atom. The number of aromatic nitrogens is 7. The van der Waals surface area contributed by atoms with E-state index in [-0.39, 0.29) is 5.91 Å². The fourth-order valence-corrected chi connectivity index (χ4v) is 2.10. The highest BCUT2D eigenvalue weighted by molar-refractivity contribution is 5.95. The number of carbonyl (C=O) groups is 1. The third-order valence-corrected chi connectivity index (χ3v) is 3.10. The Labute approximate surface area is 119 Å². The Morgan fingerprint density at radius 2 is 2.24 bits per heavy atom. The van der Waals surface area contributed by atoms with Crippen LogP contribution < -0.4 is 5.32 Å². The number of hydrogen-bond donors (Lipinski definition) is 2. The van der Waals surface area contributed by atoms with Crippen LogP contribution in [0.5, 0.6) is 0 Å². The van der Waals surface area contributed by atoms with Crippen molar-refractivity contribution in [2.75, 3.05) is 6.54 Å². The second kappa shape index (κ2) is 5.65. The molecule has 0 aliphatic carbocycles. The Kier molecular flexibility index (Phi) is 3.54. The molecule has 3 heterocycles. The van der Waals surface area contributed by atoms with Crippen LogP contribution in [0, 0.1) is 0 Å². The van der Waals surface area contributed by atoms with Gasteiger partial charge in [-0.1, -0.05) is 6.92 Å². The van der Waals surface area contributed by atoms with Gasteiger partial charge in [0.15, 0.2) is 0 Å². The highest BCUT2D eigenvalue weighted by atomic mass is 16.1. The summed E-state index contributed by atoms with van der Waals surface area (Å²) in [5.74, 6) is 1.04. The van der Waals surface area contributed by atoms with E-state index in [0.717, 1.165) is 11.5 Å². The molecule has 3 rings (SSSR count). The van der Waals surface area contributed by atoms with Gasteiger partial charge in [0.2, 0.25) is 0 Å². The third kappa shape index (κ3) is 2.57. The Hall–Kier alpha value is -2.84. The molecule has 0 saturated heterocycles. The van der Waals surface area contributed by atoms with Gasteiger partial charge < -0.3 is 5.32 Å². The number of aryl methyl sites for hydroxylation is 1. The van der Waals surface area contributed by atoms with Gasteiger partial charge >= 0.3 is 0 Å². The van der Waals surface area contributed by atoms with Crippen molar-refractivity contribution in [3.63, 3.8) is 0 Å². The number of aromatic amines is 1. The van der Waals surface area contributed by atoms with Crippen LogP contribution in [-0.4, -0.2) is 47.2 Å². The van der Waals surface area contributed by atoms with Crippen molar-refractivity contribution < 1.29 is 4.79 Å². The molecular weight excluding hydrogens is 272 g/mol. The molecule has 0 aliphatic rings. The van der Waals surface area contributed by atoms with E-state index in [2.05, 4.69) is 35.6 Å². The molecule has 3 aromatic rings. The summed E-state index contributed by atoms with van der Waals surface area (Å²) in [5, 5.41) is 13.4. The zero-order valence-corrected chi connectivity index (χ0v) is 11.4. The summed E-state index contributed by atoms with van der Waals surface area (Å²) in [7, 11) is 0. The van der Waals surface area contributed by atoms with Gasteiger partial charge in [-0.2, -0.15) is 15.2 Å². The second-order valence-corrected chi connectivity index (χ2v) is 4.38. The van der Waals surface area contributed by atoms with Crippen molar-refractivity contribution >= 4 is 11.7 Å². The summed E-state index contributed by atoms with van der Waals surface area (Å²) in [5.41, 5.74) is 1.29. The second-order valence-electron chi connectivity index (χ2n) is 4.38. The molecule has 0 saturated carbocycles. The average Bonchev–Trinajstić information content (AvgIpc) is 3.16. The number of H-pyrrole nitrogens is 1. The lowest BCUT2D eigenvalue weighted by Gasteiger charge is -2.09. The van der Waals surface area contributed by atoms with Crippen LogP contribution in [0.25, 0.3) is 5.78 Å². The van der Waals surface area contributed by atoms with E-state index >= 15 is 0 Å². The molecule has 0 fully saturated rings. The lowest BCUT2D eigenvalue weighted by Crippen LogP contribution is -2.28. The number of fused-ring (bicyclic) bond motifs is 1. The quantitative estimate of drug-likeness (QED) is 0.670. The van der Waals surface area contributed by atoms with Crippen molar-refractivity contribution in [3.8, 4) is 0 Å². The lowest BCUT2D eigenvalue weighted by atomic mass is 10.2. The molecule has 0 aliphatic heterocycles. The number of nitrogens with one attached hydrogen (secondary N) is 2. The molecule has 0 bridgehead atoms. The first-order valence-electron chi connectivity index (χ1n) is 6.59. The highest BCUT2D eigenvalue weighted by Gasteiger charge is 2.15. The van der Waals surface area contributed by atoms with E-state index in [9.17, 15) is 4.79 Å². The molecule has 0 aromatic carbocycles. The number of rotatable bonds is 5. The van der Waals surface area contributed by atoms with Gasteiger partial charge in [0.05, 0.1) is 11.3 Å². The molecule has 0 atom stereocenters. The molecule has 108 valence electrons. The van der Waals surface area contributed by atoms with Crippen LogP contribution in [0.4, 0.5) is 0 Å². The van der Waals surface area contributed by atoms with Crippen molar-refractivity contribution in [1.29, 1.82) is 0 Å². The van der Waals surface area contributed by atoms with Gasteiger partial charge in [-0.3, -0.25) is 9.89 Å². The molecule has 0 unspecified atom stereocenters.